The van der Waals surface area contributed by atoms with E-state index in [1.807, 2.05) is 6.07 Å². The van der Waals surface area contributed by atoms with Gasteiger partial charge in [0.1, 0.15) is 5.75 Å². The maximum absolute atomic E-state index is 11.6. The molecule has 4 N–H and O–H groups in total. The van der Waals surface area contributed by atoms with Crippen LogP contribution in [0.15, 0.2) is 43.2 Å². The van der Waals surface area contributed by atoms with Crippen molar-refractivity contribution in [2.75, 3.05) is 12.3 Å². The number of rotatable bonds is 9. The van der Waals surface area contributed by atoms with E-state index in [0.717, 1.165) is 24.0 Å². The van der Waals surface area contributed by atoms with Gasteiger partial charge in [0.25, 0.3) is 0 Å². The van der Waals surface area contributed by atoms with Gasteiger partial charge in [0.15, 0.2) is 0 Å². The molecule has 7 nitrogen and oxygen atoms in total. The molecular weight excluding hydrogens is 381 g/mol. The fourth-order valence-corrected chi connectivity index (χ4v) is 3.62. The Labute approximate surface area is 177 Å². The Balaban J connectivity index is 1.83. The predicted octanol–water partition coefficient (Wildman–Crippen LogP) is 3.41. The van der Waals surface area contributed by atoms with Gasteiger partial charge in [-0.15, -0.1) is 0 Å². The molecule has 0 saturated carbocycles. The average molecular weight is 409 g/mol. The molecule has 8 heteroatoms. The number of carbonyl (C=O) groups is 1. The van der Waals surface area contributed by atoms with E-state index >= 15 is 0 Å². The molecule has 0 radical (unpaired) electrons. The highest BCUT2D eigenvalue weighted by Gasteiger charge is 2.40. The molecule has 30 heavy (non-hydrogen) atoms. The van der Waals surface area contributed by atoms with Gasteiger partial charge in [0, 0.05) is 30.3 Å². The number of nitrogens with two attached hydrogens (primary N) is 1. The summed E-state index contributed by atoms with van der Waals surface area (Å²) in [5, 5.41) is 12.9. The van der Waals surface area contributed by atoms with Crippen molar-refractivity contribution in [2.45, 2.75) is 39.1 Å². The molecule has 0 amide bonds. The molecule has 0 bridgehead atoms. The Hall–Kier alpha value is -3.00. The van der Waals surface area contributed by atoms with Crippen molar-refractivity contribution in [3.63, 3.8) is 0 Å². The largest absolute Gasteiger partial charge is 0.549 e. The number of aromatic nitrogens is 1. The monoisotopic (exact) mass is 409 g/mol. The normalized spacial score (nSPS) is 16.3. The summed E-state index contributed by atoms with van der Waals surface area (Å²) >= 11 is 0. The van der Waals surface area contributed by atoms with E-state index in [1.165, 1.54) is 0 Å². The summed E-state index contributed by atoms with van der Waals surface area (Å²) in [4.78, 5) is 15.7. The SMILES string of the molecule is C=C(NC1Cc2cccc(C(=O)O)c2OB1OCC(C)CCC)c1cncc(N)c1. The minimum atomic E-state index is -1.02. The molecule has 2 atom stereocenters. The fourth-order valence-electron chi connectivity index (χ4n) is 3.62. The molecule has 1 aromatic carbocycles. The number of nitrogens with zero attached hydrogens (tertiary/aromatic N) is 1. The van der Waals surface area contributed by atoms with Crippen LogP contribution in [0.5, 0.6) is 5.75 Å². The summed E-state index contributed by atoms with van der Waals surface area (Å²) in [5.41, 5.74) is 8.76. The molecule has 1 aromatic heterocycles. The van der Waals surface area contributed by atoms with Crippen LogP contribution in [0.3, 0.4) is 0 Å². The molecule has 3 rings (SSSR count). The molecule has 2 unspecified atom stereocenters. The van der Waals surface area contributed by atoms with Crippen LogP contribution < -0.4 is 15.7 Å². The molecule has 1 aliphatic heterocycles. The zero-order valence-electron chi connectivity index (χ0n) is 17.4. The maximum atomic E-state index is 11.6. The van der Waals surface area contributed by atoms with Crippen LogP contribution in [0, 0.1) is 5.92 Å². The van der Waals surface area contributed by atoms with Gasteiger partial charge in [-0.25, -0.2) is 4.79 Å². The second-order valence-corrected chi connectivity index (χ2v) is 7.75. The molecule has 2 heterocycles. The van der Waals surface area contributed by atoms with Crippen LogP contribution in [-0.2, 0) is 11.1 Å². The zero-order valence-corrected chi connectivity index (χ0v) is 17.4. The lowest BCUT2D eigenvalue weighted by molar-refractivity contribution is 0.0693. The molecule has 158 valence electrons. The minimum absolute atomic E-state index is 0.139. The van der Waals surface area contributed by atoms with Crippen molar-refractivity contribution in [3.05, 3.63) is 59.9 Å². The van der Waals surface area contributed by atoms with Gasteiger partial charge in [-0.2, -0.15) is 0 Å². The number of pyridine rings is 1. The number of carboxylic acid groups (broad SMARTS) is 1. The highest BCUT2D eigenvalue weighted by atomic mass is 16.6. The summed E-state index contributed by atoms with van der Waals surface area (Å²) in [7, 11) is -0.650. The van der Waals surface area contributed by atoms with Crippen LogP contribution >= 0.6 is 0 Å². The van der Waals surface area contributed by atoms with E-state index in [1.54, 1.807) is 30.6 Å². The van der Waals surface area contributed by atoms with Crippen molar-refractivity contribution in [2.24, 2.45) is 5.92 Å². The molecule has 1 aliphatic rings. The number of aromatic carboxylic acids is 1. The first-order chi connectivity index (χ1) is 14.4. The fraction of sp³-hybridized carbons (Fsp3) is 0.364. The highest BCUT2D eigenvalue weighted by molar-refractivity contribution is 6.48. The Morgan fingerprint density at radius 3 is 3.00 bits per heavy atom. The number of nitrogen functional groups attached to an aromatic ring is 1. The van der Waals surface area contributed by atoms with Crippen LogP contribution in [0.2, 0.25) is 0 Å². The highest BCUT2D eigenvalue weighted by Crippen LogP contribution is 2.32. The van der Waals surface area contributed by atoms with Crippen molar-refractivity contribution >= 4 is 24.5 Å². The molecule has 0 spiro atoms. The van der Waals surface area contributed by atoms with Crippen molar-refractivity contribution < 1.29 is 19.2 Å². The summed E-state index contributed by atoms with van der Waals surface area (Å²) < 4.78 is 12.2. The standard InChI is InChI=1S/C22H28BN3O4/c1-4-6-14(2)13-29-23-20(26-15(3)17-9-18(24)12-25-11-17)10-16-7-5-8-19(22(27)28)21(16)30-23/h5,7-9,11-12,14,20,26H,3-4,6,10,13,24H2,1-2H3,(H,27,28). The van der Waals surface area contributed by atoms with Crippen LogP contribution in [0.1, 0.15) is 48.2 Å². The second kappa shape index (κ2) is 9.67. The van der Waals surface area contributed by atoms with Crippen molar-refractivity contribution in [1.82, 2.24) is 10.3 Å². The summed E-state index contributed by atoms with van der Waals surface area (Å²) in [6, 6.07) is 6.94. The molecule has 0 aliphatic carbocycles. The van der Waals surface area contributed by atoms with Crippen molar-refractivity contribution in [3.8, 4) is 5.75 Å². The van der Waals surface area contributed by atoms with E-state index in [0.29, 0.717) is 36.1 Å². The van der Waals surface area contributed by atoms with Gasteiger partial charge >= 0.3 is 13.1 Å². The molecular formula is C22H28BN3O4. The first-order valence-electron chi connectivity index (χ1n) is 10.2. The third-order valence-electron chi connectivity index (χ3n) is 5.12. The third kappa shape index (κ3) is 5.13. The Morgan fingerprint density at radius 1 is 1.50 bits per heavy atom. The number of hydrogen-bond donors (Lipinski definition) is 3. The van der Waals surface area contributed by atoms with Gasteiger partial charge < -0.3 is 25.5 Å². The van der Waals surface area contributed by atoms with E-state index < -0.39 is 13.1 Å². The van der Waals surface area contributed by atoms with Gasteiger partial charge in [0.05, 0.1) is 17.2 Å². The first-order valence-corrected chi connectivity index (χ1v) is 10.2. The zero-order chi connectivity index (χ0) is 21.7. The van der Waals surface area contributed by atoms with Crippen LogP contribution in [-0.4, -0.2) is 35.7 Å². The van der Waals surface area contributed by atoms with Crippen LogP contribution in [0.4, 0.5) is 5.69 Å². The minimum Gasteiger partial charge on any atom is -0.534 e. The van der Waals surface area contributed by atoms with Gasteiger partial charge in [-0.3, -0.25) is 4.98 Å². The number of hydrogen-bond acceptors (Lipinski definition) is 6. The quantitative estimate of drug-likeness (QED) is 0.545. The molecule has 0 fully saturated rings. The molecule has 0 saturated heterocycles. The smallest absolute Gasteiger partial charge is 0.534 e. The number of benzene rings is 1. The molecule has 2 aromatic rings. The first kappa shape index (κ1) is 21.7. The van der Waals surface area contributed by atoms with E-state index in [9.17, 15) is 9.90 Å². The van der Waals surface area contributed by atoms with Gasteiger partial charge in [-0.1, -0.05) is 39.0 Å². The number of nitrogens with one attached hydrogen (secondary N) is 1. The lowest BCUT2D eigenvalue weighted by Gasteiger charge is -2.33. The lowest BCUT2D eigenvalue weighted by Crippen LogP contribution is -2.52. The number of carboxylic acids is 1. The topological polar surface area (TPSA) is 107 Å². The number of fused-ring (bicyclic) bond motifs is 1. The van der Waals surface area contributed by atoms with Gasteiger partial charge in [0.2, 0.25) is 0 Å². The number of anilines is 1. The van der Waals surface area contributed by atoms with Gasteiger partial charge in [-0.05, 0) is 36.5 Å². The van der Waals surface area contributed by atoms with E-state index in [4.69, 9.17) is 15.0 Å². The Kier molecular flexibility index (Phi) is 7.00. The van der Waals surface area contributed by atoms with E-state index in [-0.39, 0.29) is 11.5 Å². The van der Waals surface area contributed by atoms with Crippen LogP contribution in [0.25, 0.3) is 5.70 Å². The van der Waals surface area contributed by atoms with Crippen molar-refractivity contribution in [1.29, 1.82) is 0 Å². The third-order valence-corrected chi connectivity index (χ3v) is 5.12. The lowest BCUT2D eigenvalue weighted by atomic mass is 9.71. The average Bonchev–Trinajstić information content (AvgIpc) is 2.71. The maximum Gasteiger partial charge on any atom is 0.549 e. The predicted molar refractivity (Wildman–Crippen MR) is 118 cm³/mol. The van der Waals surface area contributed by atoms with E-state index in [2.05, 4.69) is 30.7 Å². The summed E-state index contributed by atoms with van der Waals surface area (Å²) in [5.74, 6) is -0.528. The summed E-state index contributed by atoms with van der Waals surface area (Å²) in [6.07, 6.45) is 5.92. The summed E-state index contributed by atoms with van der Waals surface area (Å²) in [6.45, 7) is 8.89. The Bertz CT molecular complexity index is 921. The number of para-hydroxylation sites is 1. The Morgan fingerprint density at radius 2 is 2.30 bits per heavy atom. The second-order valence-electron chi connectivity index (χ2n) is 7.75.